The van der Waals surface area contributed by atoms with E-state index in [0.717, 1.165) is 67.9 Å². The van der Waals surface area contributed by atoms with Crippen LogP contribution in [0.2, 0.25) is 5.54 Å². The van der Waals surface area contributed by atoms with E-state index in [4.69, 9.17) is 28.4 Å². The lowest BCUT2D eigenvalue weighted by atomic mass is 10.1. The van der Waals surface area contributed by atoms with Gasteiger partial charge in [0.05, 0.1) is 42.7 Å². The normalized spacial score (nSPS) is 13.8. The van der Waals surface area contributed by atoms with Gasteiger partial charge >= 0.3 is 0 Å². The van der Waals surface area contributed by atoms with Crippen molar-refractivity contribution in [3.8, 4) is 34.5 Å². The molecule has 0 spiro atoms. The van der Waals surface area contributed by atoms with Crippen LogP contribution in [0, 0.1) is 41.5 Å². The molecule has 3 aromatic carbocycles. The molecule has 0 fully saturated rings. The largest absolute Gasteiger partial charge is 0.493 e. The van der Waals surface area contributed by atoms with Crippen LogP contribution in [0.3, 0.4) is 0 Å². The molecule has 6 nitrogen and oxygen atoms in total. The molecule has 0 bridgehead atoms. The molecule has 0 N–H and O–H groups in total. The summed E-state index contributed by atoms with van der Waals surface area (Å²) in [5.41, 5.74) is 12.3. The maximum atomic E-state index is 6.16. The molecule has 0 unspecified atom stereocenters. The van der Waals surface area contributed by atoms with Gasteiger partial charge in [0.1, 0.15) is 0 Å². The van der Waals surface area contributed by atoms with E-state index in [2.05, 4.69) is 87.4 Å². The first-order valence-corrected chi connectivity index (χ1v) is 17.8. The van der Waals surface area contributed by atoms with Crippen LogP contribution in [0.4, 0.5) is 0 Å². The van der Waals surface area contributed by atoms with E-state index in [1.54, 1.807) is 42.7 Å². The number of ether oxygens (including phenoxy) is 6. The minimum Gasteiger partial charge on any atom is -0.493 e. The highest BCUT2D eigenvalue weighted by Gasteiger charge is 2.55. The van der Waals surface area contributed by atoms with Gasteiger partial charge in [0, 0.05) is 5.54 Å². The molecule has 0 radical (unpaired) electrons. The van der Waals surface area contributed by atoms with E-state index in [-0.39, 0.29) is 5.54 Å². The molecule has 3 aromatic rings. The zero-order valence-corrected chi connectivity index (χ0v) is 31.8. The van der Waals surface area contributed by atoms with E-state index in [1.807, 2.05) is 0 Å². The lowest BCUT2D eigenvalue weighted by Gasteiger charge is -2.46. The maximum Gasteiger partial charge on any atom is 0.163 e. The van der Waals surface area contributed by atoms with Crippen molar-refractivity contribution in [1.82, 2.24) is 0 Å². The Bertz CT molecular complexity index is 1580. The maximum absolute atomic E-state index is 6.16. The van der Waals surface area contributed by atoms with Gasteiger partial charge in [0.2, 0.25) is 0 Å². The molecule has 4 rings (SSSR count). The number of hydrogen-bond donors (Lipinski definition) is 0. The Kier molecular flexibility index (Phi) is 9.98. The molecular weight excluding hydrogens is 593 g/mol. The van der Waals surface area contributed by atoms with Crippen LogP contribution in [-0.4, -0.2) is 50.7 Å². The number of rotatable bonds is 10. The molecule has 248 valence electrons. The summed E-state index contributed by atoms with van der Waals surface area (Å²) >= 11 is 0. The summed E-state index contributed by atoms with van der Waals surface area (Å²) in [6.45, 7) is 22.4. The van der Waals surface area contributed by atoms with E-state index < -0.39 is 8.07 Å². The zero-order chi connectivity index (χ0) is 34.4. The summed E-state index contributed by atoms with van der Waals surface area (Å²) in [5, 5.41) is 3.90. The molecule has 0 saturated carbocycles. The van der Waals surface area contributed by atoms with Crippen LogP contribution < -0.4 is 44.0 Å². The van der Waals surface area contributed by atoms with Crippen molar-refractivity contribution in [1.29, 1.82) is 0 Å². The fourth-order valence-corrected chi connectivity index (χ4v) is 16.2. The van der Waals surface area contributed by atoms with Gasteiger partial charge < -0.3 is 28.4 Å². The lowest BCUT2D eigenvalue weighted by Crippen LogP contribution is -2.73. The van der Waals surface area contributed by atoms with Crippen LogP contribution in [0.15, 0.2) is 40.5 Å². The van der Waals surface area contributed by atoms with Crippen molar-refractivity contribution in [2.24, 2.45) is 0 Å². The van der Waals surface area contributed by atoms with Gasteiger partial charge in [-0.1, -0.05) is 11.1 Å². The summed E-state index contributed by atoms with van der Waals surface area (Å²) in [6, 6.07) is 6.44. The Morgan fingerprint density at radius 1 is 0.413 bits per heavy atom. The van der Waals surface area contributed by atoms with Crippen LogP contribution in [0.5, 0.6) is 34.5 Å². The molecule has 0 saturated heterocycles. The predicted octanol–water partition coefficient (Wildman–Crippen LogP) is 7.12. The van der Waals surface area contributed by atoms with Gasteiger partial charge in [-0.2, -0.15) is 0 Å². The Hall–Kier alpha value is -3.84. The number of benzene rings is 3. The average Bonchev–Trinajstić information content (AvgIpc) is 3.21. The van der Waals surface area contributed by atoms with Crippen molar-refractivity contribution < 1.29 is 28.4 Å². The highest BCUT2D eigenvalue weighted by molar-refractivity contribution is 7.14. The number of hydrogen-bond acceptors (Lipinski definition) is 6. The number of methoxy groups -OCH3 is 6. The van der Waals surface area contributed by atoms with Crippen LogP contribution >= 0.6 is 0 Å². The fraction of sp³-hybridized carbons (Fsp3) is 0.436. The number of allylic oxidation sites excluding steroid dienone is 4. The first kappa shape index (κ1) is 35.0. The SMILES string of the molecule is COc1cc(C)c([Si](c2c(C)cc(OC)c(OC)c2C)(c2c(C)cc(OC)c(OC)c2C)C2C(C)=C(C)C(C)=C2C)c(C)c1OC. The summed E-state index contributed by atoms with van der Waals surface area (Å²) in [4.78, 5) is 0. The molecule has 0 aromatic heterocycles. The van der Waals surface area contributed by atoms with Gasteiger partial charge in [-0.25, -0.2) is 0 Å². The first-order chi connectivity index (χ1) is 21.7. The smallest absolute Gasteiger partial charge is 0.163 e. The van der Waals surface area contributed by atoms with Crippen molar-refractivity contribution in [2.75, 3.05) is 42.7 Å². The van der Waals surface area contributed by atoms with Gasteiger partial charge in [0.25, 0.3) is 0 Å². The second-order valence-electron chi connectivity index (χ2n) is 12.6. The van der Waals surface area contributed by atoms with Gasteiger partial charge in [-0.3, -0.25) is 0 Å². The van der Waals surface area contributed by atoms with Crippen LogP contribution in [0.1, 0.15) is 61.1 Å². The van der Waals surface area contributed by atoms with Crippen LogP contribution in [-0.2, 0) is 0 Å². The Morgan fingerprint density at radius 2 is 0.674 bits per heavy atom. The Labute approximate surface area is 277 Å². The Balaban J connectivity index is 2.53. The highest BCUT2D eigenvalue weighted by atomic mass is 28.3. The number of aryl methyl sites for hydroxylation is 3. The van der Waals surface area contributed by atoms with E-state index in [0.29, 0.717) is 0 Å². The van der Waals surface area contributed by atoms with E-state index in [1.165, 1.54) is 37.9 Å². The first-order valence-electron chi connectivity index (χ1n) is 15.8. The van der Waals surface area contributed by atoms with E-state index in [9.17, 15) is 0 Å². The Morgan fingerprint density at radius 3 is 0.891 bits per heavy atom. The lowest BCUT2D eigenvalue weighted by molar-refractivity contribution is 0.352. The minimum atomic E-state index is -3.24. The fourth-order valence-electron chi connectivity index (χ4n) is 8.63. The molecule has 1 aliphatic carbocycles. The predicted molar refractivity (Wildman–Crippen MR) is 192 cm³/mol. The quantitative estimate of drug-likeness (QED) is 0.173. The van der Waals surface area contributed by atoms with Gasteiger partial charge in [0.15, 0.2) is 42.6 Å². The third-order valence-electron chi connectivity index (χ3n) is 10.5. The molecule has 7 heteroatoms. The highest BCUT2D eigenvalue weighted by Crippen LogP contribution is 2.50. The average molecular weight is 645 g/mol. The molecule has 1 aliphatic rings. The van der Waals surface area contributed by atoms with Crippen molar-refractivity contribution >= 4 is 23.6 Å². The molecular formula is C39H52O6Si. The summed E-state index contributed by atoms with van der Waals surface area (Å²) in [6.07, 6.45) is 0. The van der Waals surface area contributed by atoms with Crippen molar-refractivity contribution in [3.63, 3.8) is 0 Å². The van der Waals surface area contributed by atoms with Crippen molar-refractivity contribution in [2.45, 2.75) is 74.8 Å². The van der Waals surface area contributed by atoms with E-state index >= 15 is 0 Å². The second-order valence-corrected chi connectivity index (χ2v) is 16.3. The second kappa shape index (κ2) is 13.1. The molecule has 46 heavy (non-hydrogen) atoms. The molecule has 0 atom stereocenters. The summed E-state index contributed by atoms with van der Waals surface area (Å²) in [7, 11) is 7.06. The zero-order valence-electron chi connectivity index (χ0n) is 30.8. The van der Waals surface area contributed by atoms with Crippen molar-refractivity contribution in [3.05, 3.63) is 73.9 Å². The molecule has 0 heterocycles. The summed E-state index contributed by atoms with van der Waals surface area (Å²) in [5.74, 6) is 4.43. The third kappa shape index (κ3) is 4.89. The van der Waals surface area contributed by atoms with Crippen LogP contribution in [0.25, 0.3) is 0 Å². The topological polar surface area (TPSA) is 55.4 Å². The minimum absolute atomic E-state index is 0.0917. The molecule has 0 amide bonds. The standard InChI is InChI=1S/C39H52O6Si/c1-20-17-30(40-11)33(43-14)27(8)36(20)46(39-25(6)23(4)24(5)26(39)7,37-21(2)18-31(41-12)34(44-15)28(37)9)38-22(3)19-32(42-13)35(45-16)29(38)10/h17-19,39H,1-16H3. The van der Waals surface area contributed by atoms with Gasteiger partial charge in [-0.05, 0) is 148 Å². The monoisotopic (exact) mass is 644 g/mol. The van der Waals surface area contributed by atoms with Gasteiger partial charge in [-0.15, -0.1) is 0 Å². The molecule has 0 aliphatic heterocycles. The third-order valence-corrected chi connectivity index (χ3v) is 16.9. The summed E-state index contributed by atoms with van der Waals surface area (Å²) < 4.78 is 36.2.